The first-order valence-corrected chi connectivity index (χ1v) is 8.79. The molecule has 1 fully saturated rings. The highest BCUT2D eigenvalue weighted by atomic mass is 16.5. The third kappa shape index (κ3) is 4.63. The number of carbonyl (C=O) groups excluding carboxylic acids is 1. The first-order valence-electron chi connectivity index (χ1n) is 8.79. The Labute approximate surface area is 145 Å². The molecule has 0 aromatic heterocycles. The van der Waals surface area contributed by atoms with Crippen LogP contribution in [0.5, 0.6) is 5.75 Å². The molecule has 2 N–H and O–H groups in total. The van der Waals surface area contributed by atoms with Crippen LogP contribution in [0.4, 0.5) is 4.79 Å². The summed E-state index contributed by atoms with van der Waals surface area (Å²) in [4.78, 5) is 14.5. The number of methoxy groups -OCH3 is 1. The molecule has 0 radical (unpaired) electrons. The van der Waals surface area contributed by atoms with Gasteiger partial charge in [0.05, 0.1) is 19.3 Å². The Bertz CT molecular complexity index is 528. The first kappa shape index (κ1) is 18.6. The van der Waals surface area contributed by atoms with Crippen LogP contribution >= 0.6 is 0 Å². The minimum atomic E-state index is -0.372. The van der Waals surface area contributed by atoms with Crippen molar-refractivity contribution in [2.24, 2.45) is 11.8 Å². The van der Waals surface area contributed by atoms with Crippen molar-refractivity contribution in [3.8, 4) is 5.75 Å². The molecule has 2 rings (SSSR count). The van der Waals surface area contributed by atoms with Gasteiger partial charge in [-0.15, -0.1) is 0 Å². The number of hydrogen-bond donors (Lipinski definition) is 2. The van der Waals surface area contributed by atoms with Crippen molar-refractivity contribution in [3.63, 3.8) is 0 Å². The summed E-state index contributed by atoms with van der Waals surface area (Å²) < 4.78 is 5.20. The van der Waals surface area contributed by atoms with Crippen molar-refractivity contribution in [2.75, 3.05) is 20.2 Å². The van der Waals surface area contributed by atoms with Gasteiger partial charge >= 0.3 is 6.03 Å². The van der Waals surface area contributed by atoms with Crippen LogP contribution in [0.3, 0.4) is 0 Å². The number of carbonyl (C=O) groups is 1. The topological polar surface area (TPSA) is 61.8 Å². The number of aliphatic hydroxyl groups is 1. The lowest BCUT2D eigenvalue weighted by Crippen LogP contribution is -2.48. The fraction of sp³-hybridized carbons (Fsp3) is 0.632. The molecule has 24 heavy (non-hydrogen) atoms. The molecule has 1 aliphatic rings. The smallest absolute Gasteiger partial charge is 0.317 e. The van der Waals surface area contributed by atoms with Crippen LogP contribution in [0.15, 0.2) is 24.3 Å². The molecule has 0 aliphatic carbocycles. The summed E-state index contributed by atoms with van der Waals surface area (Å²) >= 11 is 0. The highest BCUT2D eigenvalue weighted by molar-refractivity contribution is 5.75. The monoisotopic (exact) mass is 334 g/mol. The number of hydrogen-bond acceptors (Lipinski definition) is 3. The molecule has 3 atom stereocenters. The fourth-order valence-electron chi connectivity index (χ4n) is 3.26. The summed E-state index contributed by atoms with van der Waals surface area (Å²) in [5, 5.41) is 13.0. The highest BCUT2D eigenvalue weighted by Crippen LogP contribution is 2.25. The average Bonchev–Trinajstić information content (AvgIpc) is 2.59. The number of piperidine rings is 1. The zero-order valence-electron chi connectivity index (χ0n) is 15.2. The predicted octanol–water partition coefficient (Wildman–Crippen LogP) is 3.19. The Hall–Kier alpha value is -1.75. The van der Waals surface area contributed by atoms with Gasteiger partial charge in [0.15, 0.2) is 0 Å². The molecule has 0 saturated carbocycles. The number of aliphatic hydroxyl groups excluding tert-OH is 1. The van der Waals surface area contributed by atoms with Gasteiger partial charge in [0.25, 0.3) is 0 Å². The van der Waals surface area contributed by atoms with Gasteiger partial charge in [-0.05, 0) is 43.4 Å². The second-order valence-corrected chi connectivity index (χ2v) is 7.03. The van der Waals surface area contributed by atoms with Crippen molar-refractivity contribution in [1.82, 2.24) is 10.2 Å². The molecule has 0 spiro atoms. The Morgan fingerprint density at radius 2 is 1.96 bits per heavy atom. The molecule has 5 nitrogen and oxygen atoms in total. The number of benzene rings is 1. The Balaban J connectivity index is 2.05. The van der Waals surface area contributed by atoms with Crippen molar-refractivity contribution >= 4 is 6.03 Å². The summed E-state index contributed by atoms with van der Waals surface area (Å²) in [6.07, 6.45) is 1.55. The lowest BCUT2D eigenvalue weighted by molar-refractivity contribution is 0.0729. The molecule has 1 aliphatic heterocycles. The second kappa shape index (κ2) is 8.38. The standard InChI is InChI=1S/C19H30N2O3/c1-13(2)18(15-7-9-17(24-4)10-8-15)20-19(23)21-11-5-6-16(12-21)14(3)22/h7-10,13-14,16,18,22H,5-6,11-12H2,1-4H3,(H,20,23). The Morgan fingerprint density at radius 3 is 2.50 bits per heavy atom. The third-order valence-corrected chi connectivity index (χ3v) is 4.85. The van der Waals surface area contributed by atoms with E-state index in [4.69, 9.17) is 4.74 Å². The normalized spacial score (nSPS) is 20.6. The van der Waals surface area contributed by atoms with Crippen LogP contribution in [0.25, 0.3) is 0 Å². The van der Waals surface area contributed by atoms with Gasteiger partial charge in [-0.1, -0.05) is 26.0 Å². The lowest BCUT2D eigenvalue weighted by Gasteiger charge is -2.35. The molecular formula is C19H30N2O3. The van der Waals surface area contributed by atoms with E-state index in [0.717, 1.165) is 30.7 Å². The Morgan fingerprint density at radius 1 is 1.29 bits per heavy atom. The third-order valence-electron chi connectivity index (χ3n) is 4.85. The van der Waals surface area contributed by atoms with Crippen LogP contribution in [-0.2, 0) is 0 Å². The van der Waals surface area contributed by atoms with E-state index in [0.29, 0.717) is 6.54 Å². The summed E-state index contributed by atoms with van der Waals surface area (Å²) in [5.41, 5.74) is 1.07. The zero-order valence-corrected chi connectivity index (χ0v) is 15.2. The molecule has 3 unspecified atom stereocenters. The van der Waals surface area contributed by atoms with E-state index in [1.165, 1.54) is 0 Å². The maximum Gasteiger partial charge on any atom is 0.317 e. The molecule has 2 amide bonds. The SMILES string of the molecule is COc1ccc(C(NC(=O)N2CCCC(C(C)O)C2)C(C)C)cc1. The maximum absolute atomic E-state index is 12.7. The van der Waals surface area contributed by atoms with Gasteiger partial charge < -0.3 is 20.1 Å². The number of likely N-dealkylation sites (tertiary alicyclic amines) is 1. The van der Waals surface area contributed by atoms with Crippen molar-refractivity contribution in [3.05, 3.63) is 29.8 Å². The number of amides is 2. The number of nitrogens with one attached hydrogen (secondary N) is 1. The summed E-state index contributed by atoms with van der Waals surface area (Å²) in [6.45, 7) is 7.38. The van der Waals surface area contributed by atoms with E-state index < -0.39 is 0 Å². The molecule has 1 aromatic rings. The van der Waals surface area contributed by atoms with Crippen molar-refractivity contribution in [1.29, 1.82) is 0 Å². The van der Waals surface area contributed by atoms with Crippen LogP contribution in [0.1, 0.15) is 45.2 Å². The van der Waals surface area contributed by atoms with Crippen LogP contribution in [0.2, 0.25) is 0 Å². The van der Waals surface area contributed by atoms with Crippen LogP contribution in [0, 0.1) is 11.8 Å². The van der Waals surface area contributed by atoms with Gasteiger partial charge in [0.2, 0.25) is 0 Å². The number of ether oxygens (including phenoxy) is 1. The van der Waals surface area contributed by atoms with E-state index in [1.54, 1.807) is 14.0 Å². The number of rotatable bonds is 5. The quantitative estimate of drug-likeness (QED) is 0.869. The number of nitrogens with zero attached hydrogens (tertiary/aromatic N) is 1. The summed E-state index contributed by atoms with van der Waals surface area (Å²) in [7, 11) is 1.64. The molecular weight excluding hydrogens is 304 g/mol. The predicted molar refractivity (Wildman–Crippen MR) is 95.1 cm³/mol. The molecule has 1 aromatic carbocycles. The number of urea groups is 1. The van der Waals surface area contributed by atoms with Gasteiger partial charge in [-0.2, -0.15) is 0 Å². The van der Waals surface area contributed by atoms with Gasteiger partial charge in [-0.3, -0.25) is 0 Å². The lowest BCUT2D eigenvalue weighted by atomic mass is 9.93. The summed E-state index contributed by atoms with van der Waals surface area (Å²) in [5.74, 6) is 1.26. The van der Waals surface area contributed by atoms with Gasteiger partial charge in [0.1, 0.15) is 5.75 Å². The van der Waals surface area contributed by atoms with E-state index in [2.05, 4.69) is 19.2 Å². The molecule has 1 saturated heterocycles. The zero-order chi connectivity index (χ0) is 17.7. The maximum atomic E-state index is 12.7. The largest absolute Gasteiger partial charge is 0.497 e. The molecule has 0 bridgehead atoms. The molecule has 1 heterocycles. The highest BCUT2D eigenvalue weighted by Gasteiger charge is 2.28. The Kier molecular flexibility index (Phi) is 6.49. The van der Waals surface area contributed by atoms with Crippen molar-refractivity contribution < 1.29 is 14.6 Å². The van der Waals surface area contributed by atoms with E-state index >= 15 is 0 Å². The minimum absolute atomic E-state index is 0.0460. The first-order chi connectivity index (χ1) is 11.4. The minimum Gasteiger partial charge on any atom is -0.497 e. The van der Waals surface area contributed by atoms with Crippen molar-refractivity contribution in [2.45, 2.75) is 45.8 Å². The van der Waals surface area contributed by atoms with E-state index in [9.17, 15) is 9.90 Å². The second-order valence-electron chi connectivity index (χ2n) is 7.03. The average molecular weight is 334 g/mol. The molecule has 5 heteroatoms. The van der Waals surface area contributed by atoms with Gasteiger partial charge in [-0.25, -0.2) is 4.79 Å². The van der Waals surface area contributed by atoms with Gasteiger partial charge in [0, 0.05) is 19.0 Å². The molecule has 134 valence electrons. The fourth-order valence-corrected chi connectivity index (χ4v) is 3.26. The van der Waals surface area contributed by atoms with E-state index in [1.807, 2.05) is 29.2 Å². The van der Waals surface area contributed by atoms with Crippen LogP contribution < -0.4 is 10.1 Å². The van der Waals surface area contributed by atoms with E-state index in [-0.39, 0.29) is 30.0 Å². The van der Waals surface area contributed by atoms with Crippen LogP contribution in [-0.4, -0.2) is 42.3 Å². The summed E-state index contributed by atoms with van der Waals surface area (Å²) in [6, 6.07) is 7.74.